The first-order valence-electron chi connectivity index (χ1n) is 12.6. The Hall–Kier alpha value is -4.88. The van der Waals surface area contributed by atoms with Crippen LogP contribution in [-0.2, 0) is 29.2 Å². The summed E-state index contributed by atoms with van der Waals surface area (Å²) in [4.78, 5) is 19.1. The van der Waals surface area contributed by atoms with Crippen LogP contribution in [-0.4, -0.2) is 22.2 Å². The largest absolute Gasteiger partial charge is 0.489 e. The van der Waals surface area contributed by atoms with E-state index in [0.29, 0.717) is 31.3 Å². The van der Waals surface area contributed by atoms with Crippen LogP contribution in [0.15, 0.2) is 121 Å². The molecule has 4 rings (SSSR count). The zero-order valence-electron chi connectivity index (χ0n) is 22.5. The molecule has 0 amide bonds. The summed E-state index contributed by atoms with van der Waals surface area (Å²) in [5.41, 5.74) is 4.98. The molecule has 7 nitrogen and oxygen atoms in total. The highest BCUT2D eigenvalue weighted by Gasteiger charge is 2.08. The monoisotopic (exact) mass is 541 g/mol. The molecule has 0 bridgehead atoms. The lowest BCUT2D eigenvalue weighted by atomic mass is 9.94. The second-order valence-corrected chi connectivity index (χ2v) is 8.88. The minimum absolute atomic E-state index is 0. The van der Waals surface area contributed by atoms with Crippen molar-refractivity contribution in [3.63, 3.8) is 0 Å². The first-order chi connectivity index (χ1) is 18.9. The van der Waals surface area contributed by atoms with Gasteiger partial charge < -0.3 is 25.8 Å². The topological polar surface area (TPSA) is 128 Å². The SMILES string of the molecule is CC(Cc1ccc(OCc2ccccc2)cc1)c1ccc(OCc2ccccc2)cc1.N.O=C(O)C=CC(=O)O. The molecule has 40 heavy (non-hydrogen) atoms. The summed E-state index contributed by atoms with van der Waals surface area (Å²) in [5, 5.41) is 15.6. The fourth-order valence-corrected chi connectivity index (χ4v) is 3.71. The fraction of sp³-hybridized carbons (Fsp3) is 0.152. The smallest absolute Gasteiger partial charge is 0.328 e. The van der Waals surface area contributed by atoms with Crippen molar-refractivity contribution in [1.82, 2.24) is 6.15 Å². The van der Waals surface area contributed by atoms with Crippen molar-refractivity contribution < 1.29 is 29.3 Å². The highest BCUT2D eigenvalue weighted by Crippen LogP contribution is 2.24. The Kier molecular flexibility index (Phi) is 13.2. The van der Waals surface area contributed by atoms with Crippen molar-refractivity contribution in [3.8, 4) is 11.5 Å². The number of ether oxygens (including phenoxy) is 2. The molecule has 4 aromatic rings. The van der Waals surface area contributed by atoms with Crippen LogP contribution in [0.1, 0.15) is 35.1 Å². The minimum atomic E-state index is -1.26. The van der Waals surface area contributed by atoms with Gasteiger partial charge in [0.15, 0.2) is 0 Å². The van der Waals surface area contributed by atoms with Gasteiger partial charge in [0, 0.05) is 12.2 Å². The number of rotatable bonds is 11. The lowest BCUT2D eigenvalue weighted by molar-refractivity contribution is -0.134. The number of benzene rings is 4. The highest BCUT2D eigenvalue weighted by atomic mass is 16.5. The average molecular weight is 542 g/mol. The summed E-state index contributed by atoms with van der Waals surface area (Å²) in [6, 6.07) is 37.4. The first-order valence-corrected chi connectivity index (χ1v) is 12.6. The van der Waals surface area contributed by atoms with E-state index in [1.54, 1.807) is 0 Å². The van der Waals surface area contributed by atoms with Gasteiger partial charge in [0.25, 0.3) is 0 Å². The van der Waals surface area contributed by atoms with E-state index in [4.69, 9.17) is 19.7 Å². The highest BCUT2D eigenvalue weighted by molar-refractivity contribution is 5.89. The van der Waals surface area contributed by atoms with Crippen molar-refractivity contribution in [2.24, 2.45) is 0 Å². The Morgan fingerprint density at radius 3 is 1.43 bits per heavy atom. The van der Waals surface area contributed by atoms with Crippen LogP contribution in [0, 0.1) is 0 Å². The van der Waals surface area contributed by atoms with E-state index in [2.05, 4.69) is 79.7 Å². The number of carboxylic acid groups (broad SMARTS) is 2. The molecule has 0 aromatic heterocycles. The third kappa shape index (κ3) is 11.7. The summed E-state index contributed by atoms with van der Waals surface area (Å²) in [6.07, 6.45) is 2.11. The Morgan fingerprint density at radius 1 is 0.625 bits per heavy atom. The van der Waals surface area contributed by atoms with E-state index in [1.165, 1.54) is 22.3 Å². The van der Waals surface area contributed by atoms with Crippen LogP contribution >= 0.6 is 0 Å². The maximum atomic E-state index is 9.55. The Morgan fingerprint density at radius 2 is 1.02 bits per heavy atom. The summed E-state index contributed by atoms with van der Waals surface area (Å²) < 4.78 is 11.8. The summed E-state index contributed by atoms with van der Waals surface area (Å²) in [7, 11) is 0. The molecule has 0 fully saturated rings. The number of hydrogen-bond donors (Lipinski definition) is 3. The molecule has 0 aliphatic heterocycles. The average Bonchev–Trinajstić information content (AvgIpc) is 2.96. The van der Waals surface area contributed by atoms with Crippen molar-refractivity contribution in [1.29, 1.82) is 0 Å². The second kappa shape index (κ2) is 16.9. The van der Waals surface area contributed by atoms with Gasteiger partial charge in [-0.2, -0.15) is 0 Å². The van der Waals surface area contributed by atoms with Crippen molar-refractivity contribution in [2.45, 2.75) is 32.5 Å². The lowest BCUT2D eigenvalue weighted by Crippen LogP contribution is -2.00. The van der Waals surface area contributed by atoms with Crippen molar-refractivity contribution in [3.05, 3.63) is 144 Å². The lowest BCUT2D eigenvalue weighted by Gasteiger charge is -2.14. The van der Waals surface area contributed by atoms with E-state index in [9.17, 15) is 9.59 Å². The molecule has 208 valence electrons. The second-order valence-electron chi connectivity index (χ2n) is 8.88. The predicted molar refractivity (Wildman–Crippen MR) is 156 cm³/mol. The van der Waals surface area contributed by atoms with E-state index < -0.39 is 11.9 Å². The minimum Gasteiger partial charge on any atom is -0.489 e. The number of hydrogen-bond acceptors (Lipinski definition) is 5. The van der Waals surface area contributed by atoms with Crippen molar-refractivity contribution >= 4 is 11.9 Å². The maximum Gasteiger partial charge on any atom is 0.328 e. The fourth-order valence-electron chi connectivity index (χ4n) is 3.71. The van der Waals surface area contributed by atoms with Crippen LogP contribution in [0.25, 0.3) is 0 Å². The molecule has 0 aliphatic carbocycles. The molecule has 0 saturated heterocycles. The molecule has 5 N–H and O–H groups in total. The number of carboxylic acids is 2. The summed E-state index contributed by atoms with van der Waals surface area (Å²) in [5.74, 6) is -0.279. The molecule has 0 spiro atoms. The van der Waals surface area contributed by atoms with Gasteiger partial charge in [0.05, 0.1) is 0 Å². The first kappa shape index (κ1) is 31.3. The van der Waals surface area contributed by atoms with Crippen LogP contribution in [0.3, 0.4) is 0 Å². The van der Waals surface area contributed by atoms with Gasteiger partial charge in [0.2, 0.25) is 0 Å². The summed E-state index contributed by atoms with van der Waals surface area (Å²) in [6.45, 7) is 3.45. The van der Waals surface area contributed by atoms with E-state index in [-0.39, 0.29) is 6.15 Å². The molecular weight excluding hydrogens is 506 g/mol. The molecule has 0 radical (unpaired) electrons. The molecular formula is C33H35NO6. The Balaban J connectivity index is 0.000000546. The quantitative estimate of drug-likeness (QED) is 0.173. The van der Waals surface area contributed by atoms with Gasteiger partial charge in [-0.15, -0.1) is 0 Å². The normalized spacial score (nSPS) is 10.9. The predicted octanol–water partition coefficient (Wildman–Crippen LogP) is 7.06. The van der Waals surface area contributed by atoms with Crippen molar-refractivity contribution in [2.75, 3.05) is 0 Å². The van der Waals surface area contributed by atoms with Crippen LogP contribution in [0.4, 0.5) is 0 Å². The molecule has 0 heterocycles. The van der Waals surface area contributed by atoms with Crippen LogP contribution in [0.5, 0.6) is 11.5 Å². The summed E-state index contributed by atoms with van der Waals surface area (Å²) >= 11 is 0. The zero-order chi connectivity index (χ0) is 27.9. The molecule has 1 unspecified atom stereocenters. The van der Waals surface area contributed by atoms with Crippen LogP contribution < -0.4 is 15.6 Å². The van der Waals surface area contributed by atoms with Gasteiger partial charge in [0.1, 0.15) is 24.7 Å². The number of aliphatic carboxylic acids is 2. The Bertz CT molecular complexity index is 1310. The third-order valence-electron chi connectivity index (χ3n) is 5.78. The molecule has 7 heteroatoms. The van der Waals surface area contributed by atoms with Gasteiger partial charge >= 0.3 is 11.9 Å². The van der Waals surface area contributed by atoms with Gasteiger partial charge in [-0.05, 0) is 58.9 Å². The zero-order valence-corrected chi connectivity index (χ0v) is 22.5. The van der Waals surface area contributed by atoms with Gasteiger partial charge in [-0.1, -0.05) is 91.9 Å². The molecule has 1 atom stereocenters. The van der Waals surface area contributed by atoms with E-state index in [0.717, 1.165) is 17.9 Å². The van der Waals surface area contributed by atoms with Crippen LogP contribution in [0.2, 0.25) is 0 Å². The van der Waals surface area contributed by atoms with Gasteiger partial charge in [-0.25, -0.2) is 9.59 Å². The molecule has 4 aromatic carbocycles. The van der Waals surface area contributed by atoms with Gasteiger partial charge in [-0.3, -0.25) is 0 Å². The maximum absolute atomic E-state index is 9.55. The van der Waals surface area contributed by atoms with E-state index >= 15 is 0 Å². The standard InChI is InChI=1S/C29H28O2.C4H4O4.H3N/c1-23(27-14-18-29(19-15-27)31-22-26-10-6-3-7-11-26)20-24-12-16-28(17-13-24)30-21-25-8-4-2-5-9-25;5-3(6)1-2-4(7)8;/h2-19,23H,20-22H2,1H3;1-2H,(H,5,6)(H,7,8);1H3. The third-order valence-corrected chi connectivity index (χ3v) is 5.78. The molecule has 0 saturated carbocycles. The number of carbonyl (C=O) groups is 2. The molecule has 0 aliphatic rings. The Labute approximate surface area is 234 Å². The van der Waals surface area contributed by atoms with E-state index in [1.807, 2.05) is 36.4 Å².